The first-order valence-corrected chi connectivity index (χ1v) is 11.8. The number of halogens is 1. The smallest absolute Gasteiger partial charge is 0.193 e. The molecule has 3 heterocycles. The molecule has 4 rings (SSSR count). The highest BCUT2D eigenvalue weighted by molar-refractivity contribution is 14.0. The molecule has 2 saturated heterocycles. The summed E-state index contributed by atoms with van der Waals surface area (Å²) in [6, 6.07) is 1.95. The van der Waals surface area contributed by atoms with Crippen LogP contribution in [0.2, 0.25) is 0 Å². The fourth-order valence-electron chi connectivity index (χ4n) is 4.92. The number of nitrogens with zero attached hydrogens (tertiary/aromatic N) is 5. The number of piperazine rings is 1. The summed E-state index contributed by atoms with van der Waals surface area (Å²) in [6.07, 6.45) is 7.03. The third kappa shape index (κ3) is 5.80. The third-order valence-electron chi connectivity index (χ3n) is 6.55. The molecule has 1 saturated carbocycles. The summed E-state index contributed by atoms with van der Waals surface area (Å²) in [5, 5.41) is 7.79. The van der Waals surface area contributed by atoms with Gasteiger partial charge in [0.05, 0.1) is 5.69 Å². The molecule has 0 atom stereocenters. The van der Waals surface area contributed by atoms with Gasteiger partial charge in [-0.15, -0.1) is 24.0 Å². The number of thioether (sulfide) groups is 1. The molecule has 9 heteroatoms. The number of hydrogen-bond acceptors (Lipinski definition) is 6. The molecular weight excluding hydrogens is 499 g/mol. The quantitative estimate of drug-likeness (QED) is 0.354. The van der Waals surface area contributed by atoms with E-state index in [1.165, 1.54) is 50.3 Å². The van der Waals surface area contributed by atoms with Gasteiger partial charge in [-0.25, -0.2) is 0 Å². The van der Waals surface area contributed by atoms with Crippen molar-refractivity contribution >= 4 is 41.7 Å². The van der Waals surface area contributed by atoms with Crippen molar-refractivity contribution in [2.75, 3.05) is 64.4 Å². The molecule has 0 radical (unpaired) electrons. The van der Waals surface area contributed by atoms with Crippen molar-refractivity contribution in [2.45, 2.75) is 37.8 Å². The maximum atomic E-state index is 4.95. The first-order valence-electron chi connectivity index (χ1n) is 10.7. The molecule has 1 aromatic heterocycles. The SMILES string of the molecule is CN=C(NCC1(N2CCSCC2)CCCC1)N1CCN(Cc2ccon2)CC1.I. The van der Waals surface area contributed by atoms with Gasteiger partial charge in [0, 0.05) is 82.5 Å². The highest BCUT2D eigenvalue weighted by Gasteiger charge is 2.40. The van der Waals surface area contributed by atoms with Gasteiger partial charge in [0.25, 0.3) is 0 Å². The minimum atomic E-state index is 0. The zero-order chi connectivity index (χ0) is 19.2. The van der Waals surface area contributed by atoms with E-state index in [1.807, 2.05) is 13.1 Å². The van der Waals surface area contributed by atoms with E-state index in [0.717, 1.165) is 50.9 Å². The van der Waals surface area contributed by atoms with Gasteiger partial charge in [0.1, 0.15) is 6.26 Å². The zero-order valence-corrected chi connectivity index (χ0v) is 20.7. The van der Waals surface area contributed by atoms with Crippen LogP contribution in [0.25, 0.3) is 0 Å². The topological polar surface area (TPSA) is 60.1 Å². The van der Waals surface area contributed by atoms with E-state index in [9.17, 15) is 0 Å². The molecule has 0 spiro atoms. The predicted molar refractivity (Wildman–Crippen MR) is 130 cm³/mol. The maximum absolute atomic E-state index is 4.95. The van der Waals surface area contributed by atoms with Crippen molar-refractivity contribution in [1.82, 2.24) is 25.2 Å². The molecule has 1 aliphatic carbocycles. The van der Waals surface area contributed by atoms with E-state index >= 15 is 0 Å². The average Bonchev–Trinajstić information content (AvgIpc) is 3.43. The Hall–Kier alpha value is -0.520. The third-order valence-corrected chi connectivity index (χ3v) is 7.49. The van der Waals surface area contributed by atoms with Crippen LogP contribution in [0.1, 0.15) is 31.4 Å². The van der Waals surface area contributed by atoms with E-state index in [0.29, 0.717) is 5.54 Å². The van der Waals surface area contributed by atoms with E-state index < -0.39 is 0 Å². The minimum absolute atomic E-state index is 0. The lowest BCUT2D eigenvalue weighted by Gasteiger charge is -2.44. The molecule has 2 aliphatic heterocycles. The normalized spacial score (nSPS) is 23.8. The summed E-state index contributed by atoms with van der Waals surface area (Å²) in [5.41, 5.74) is 1.35. The Balaban J connectivity index is 0.00000240. The number of nitrogens with one attached hydrogen (secondary N) is 1. The summed E-state index contributed by atoms with van der Waals surface area (Å²) in [6.45, 7) is 8.45. The molecule has 0 bridgehead atoms. The number of guanidine groups is 1. The fraction of sp³-hybridized carbons (Fsp3) is 0.800. The monoisotopic (exact) mass is 534 g/mol. The lowest BCUT2D eigenvalue weighted by molar-refractivity contribution is 0.105. The van der Waals surface area contributed by atoms with Crippen LogP contribution in [0.15, 0.2) is 21.8 Å². The molecular formula is C20H35IN6OS. The molecule has 0 amide bonds. The summed E-state index contributed by atoms with van der Waals surface area (Å²) in [4.78, 5) is 12.2. The molecule has 29 heavy (non-hydrogen) atoms. The van der Waals surface area contributed by atoms with Crippen LogP contribution in [0, 0.1) is 0 Å². The Bertz CT molecular complexity index is 623. The van der Waals surface area contributed by atoms with Crippen molar-refractivity contribution < 1.29 is 4.52 Å². The average molecular weight is 535 g/mol. The van der Waals surface area contributed by atoms with E-state index in [2.05, 4.69) is 41.9 Å². The predicted octanol–water partition coefficient (Wildman–Crippen LogP) is 2.35. The van der Waals surface area contributed by atoms with E-state index in [4.69, 9.17) is 4.52 Å². The second-order valence-corrected chi connectivity index (χ2v) is 9.41. The molecule has 7 nitrogen and oxygen atoms in total. The van der Waals surface area contributed by atoms with Gasteiger partial charge in [-0.1, -0.05) is 18.0 Å². The molecule has 1 aromatic rings. The van der Waals surface area contributed by atoms with Crippen LogP contribution in [0.3, 0.4) is 0 Å². The van der Waals surface area contributed by atoms with Gasteiger partial charge in [0.2, 0.25) is 0 Å². The Morgan fingerprint density at radius 2 is 1.90 bits per heavy atom. The van der Waals surface area contributed by atoms with Gasteiger partial charge < -0.3 is 14.7 Å². The van der Waals surface area contributed by atoms with E-state index in [-0.39, 0.29) is 24.0 Å². The molecule has 0 unspecified atom stereocenters. The molecule has 1 N–H and O–H groups in total. The second kappa shape index (κ2) is 11.2. The van der Waals surface area contributed by atoms with E-state index in [1.54, 1.807) is 6.26 Å². The summed E-state index contributed by atoms with van der Waals surface area (Å²) in [5.74, 6) is 3.63. The highest BCUT2D eigenvalue weighted by atomic mass is 127. The van der Waals surface area contributed by atoms with Gasteiger partial charge in [0.15, 0.2) is 5.96 Å². The first kappa shape index (κ1) is 23.1. The summed E-state index contributed by atoms with van der Waals surface area (Å²) in [7, 11) is 1.92. The molecule has 3 aliphatic rings. The largest absolute Gasteiger partial charge is 0.364 e. The lowest BCUT2D eigenvalue weighted by Crippen LogP contribution is -2.59. The number of aliphatic imine (C=N–C) groups is 1. The van der Waals surface area contributed by atoms with Crippen molar-refractivity contribution in [1.29, 1.82) is 0 Å². The van der Waals surface area contributed by atoms with Crippen LogP contribution in [-0.2, 0) is 6.54 Å². The summed E-state index contributed by atoms with van der Waals surface area (Å²) < 4.78 is 4.95. The van der Waals surface area contributed by atoms with Gasteiger partial charge >= 0.3 is 0 Å². The highest BCUT2D eigenvalue weighted by Crippen LogP contribution is 2.36. The fourth-order valence-corrected chi connectivity index (χ4v) is 5.82. The van der Waals surface area contributed by atoms with Crippen LogP contribution in [0.5, 0.6) is 0 Å². The van der Waals surface area contributed by atoms with Crippen molar-refractivity contribution in [3.63, 3.8) is 0 Å². The Morgan fingerprint density at radius 3 is 2.52 bits per heavy atom. The van der Waals surface area contributed by atoms with Gasteiger partial charge in [-0.2, -0.15) is 11.8 Å². The molecule has 0 aromatic carbocycles. The van der Waals surface area contributed by atoms with Crippen molar-refractivity contribution in [2.24, 2.45) is 4.99 Å². The number of aromatic nitrogens is 1. The number of hydrogen-bond donors (Lipinski definition) is 1. The maximum Gasteiger partial charge on any atom is 0.193 e. The van der Waals surface area contributed by atoms with Crippen molar-refractivity contribution in [3.8, 4) is 0 Å². The Labute approximate surface area is 196 Å². The summed E-state index contributed by atoms with van der Waals surface area (Å²) >= 11 is 2.10. The van der Waals surface area contributed by atoms with Gasteiger partial charge in [-0.05, 0) is 12.8 Å². The van der Waals surface area contributed by atoms with Gasteiger partial charge in [-0.3, -0.25) is 14.8 Å². The Morgan fingerprint density at radius 1 is 1.17 bits per heavy atom. The lowest BCUT2D eigenvalue weighted by atomic mass is 9.94. The van der Waals surface area contributed by atoms with Crippen LogP contribution >= 0.6 is 35.7 Å². The minimum Gasteiger partial charge on any atom is -0.364 e. The van der Waals surface area contributed by atoms with Crippen molar-refractivity contribution in [3.05, 3.63) is 18.0 Å². The van der Waals surface area contributed by atoms with Crippen LogP contribution in [-0.4, -0.2) is 95.7 Å². The number of rotatable bonds is 5. The molecule has 3 fully saturated rings. The standard InChI is InChI=1S/C20H34N6OS.HI/c1-21-19(25-9-7-24(8-10-25)16-18-4-13-27-23-18)22-17-20(5-2-3-6-20)26-11-14-28-15-12-26;/h4,13H,2-3,5-12,14-17H2,1H3,(H,21,22);1H. The van der Waals surface area contributed by atoms with Crippen LogP contribution < -0.4 is 5.32 Å². The second-order valence-electron chi connectivity index (χ2n) is 8.19. The Kier molecular flexibility index (Phi) is 8.94. The molecule has 164 valence electrons. The zero-order valence-electron chi connectivity index (χ0n) is 17.5. The first-order chi connectivity index (χ1) is 13.8. The van der Waals surface area contributed by atoms with Crippen LogP contribution in [0.4, 0.5) is 0 Å².